The molecule has 0 radical (unpaired) electrons. The van der Waals surface area contributed by atoms with Crippen molar-refractivity contribution in [3.05, 3.63) is 35.3 Å². The lowest BCUT2D eigenvalue weighted by molar-refractivity contribution is 0.606. The fourth-order valence-corrected chi connectivity index (χ4v) is 2.88. The summed E-state index contributed by atoms with van der Waals surface area (Å²) < 4.78 is 0. The van der Waals surface area contributed by atoms with Crippen molar-refractivity contribution in [2.45, 2.75) is 19.9 Å². The monoisotopic (exact) mass is 275 g/mol. The van der Waals surface area contributed by atoms with Gasteiger partial charge in [0.1, 0.15) is 5.01 Å². The summed E-state index contributed by atoms with van der Waals surface area (Å²) in [6.07, 6.45) is 1.98. The van der Waals surface area contributed by atoms with Gasteiger partial charge in [-0.25, -0.2) is 4.98 Å². The average Bonchev–Trinajstić information content (AvgIpc) is 2.89. The molecule has 19 heavy (non-hydrogen) atoms. The molecule has 3 nitrogen and oxygen atoms in total. The van der Waals surface area contributed by atoms with Gasteiger partial charge in [0.05, 0.1) is 0 Å². The molecule has 1 aromatic carbocycles. The van der Waals surface area contributed by atoms with Crippen molar-refractivity contribution in [3.63, 3.8) is 0 Å². The number of thiazole rings is 1. The standard InChI is InChI=1S/C15H21N3S/c1-5-16-11(2)14-10-17-15(19-14)12-6-8-13(9-7-12)18(3)4/h6-11,16H,5H2,1-4H3. The van der Waals surface area contributed by atoms with Crippen LogP contribution in [-0.2, 0) is 0 Å². The molecule has 1 heterocycles. The first-order chi connectivity index (χ1) is 9.11. The summed E-state index contributed by atoms with van der Waals surface area (Å²) in [6.45, 7) is 5.28. The van der Waals surface area contributed by atoms with Crippen LogP contribution in [0, 0.1) is 0 Å². The first-order valence-electron chi connectivity index (χ1n) is 6.58. The van der Waals surface area contributed by atoms with Gasteiger partial charge in [0.25, 0.3) is 0 Å². The molecule has 1 N–H and O–H groups in total. The second-order valence-electron chi connectivity index (χ2n) is 4.79. The summed E-state index contributed by atoms with van der Waals surface area (Å²) in [5, 5.41) is 4.50. The van der Waals surface area contributed by atoms with Gasteiger partial charge < -0.3 is 10.2 Å². The van der Waals surface area contributed by atoms with Gasteiger partial charge in [-0.05, 0) is 37.7 Å². The largest absolute Gasteiger partial charge is 0.378 e. The molecule has 0 fully saturated rings. The zero-order valence-electron chi connectivity index (χ0n) is 12.0. The van der Waals surface area contributed by atoms with Crippen molar-refractivity contribution in [1.29, 1.82) is 0 Å². The molecule has 2 aromatic rings. The van der Waals surface area contributed by atoms with Gasteiger partial charge in [-0.2, -0.15) is 0 Å². The van der Waals surface area contributed by atoms with E-state index in [9.17, 15) is 0 Å². The first-order valence-corrected chi connectivity index (χ1v) is 7.40. The Hall–Kier alpha value is -1.39. The predicted molar refractivity (Wildman–Crippen MR) is 84.0 cm³/mol. The fourth-order valence-electron chi connectivity index (χ4n) is 1.93. The second-order valence-corrected chi connectivity index (χ2v) is 5.85. The summed E-state index contributed by atoms with van der Waals surface area (Å²) in [5.74, 6) is 0. The number of nitrogens with one attached hydrogen (secondary N) is 1. The van der Waals surface area contributed by atoms with Gasteiger partial charge in [0, 0.05) is 42.5 Å². The van der Waals surface area contributed by atoms with Gasteiger partial charge in [-0.1, -0.05) is 6.92 Å². The lowest BCUT2D eigenvalue weighted by Crippen LogP contribution is -2.16. The maximum Gasteiger partial charge on any atom is 0.123 e. The van der Waals surface area contributed by atoms with E-state index >= 15 is 0 Å². The van der Waals surface area contributed by atoms with Gasteiger partial charge >= 0.3 is 0 Å². The van der Waals surface area contributed by atoms with E-state index in [2.05, 4.69) is 67.4 Å². The molecular formula is C15H21N3S. The summed E-state index contributed by atoms with van der Waals surface area (Å²) in [6, 6.07) is 8.90. The Morgan fingerprint density at radius 2 is 1.95 bits per heavy atom. The Morgan fingerprint density at radius 3 is 2.53 bits per heavy atom. The summed E-state index contributed by atoms with van der Waals surface area (Å²) in [7, 11) is 4.10. The van der Waals surface area contributed by atoms with Crippen LogP contribution in [-0.4, -0.2) is 25.6 Å². The number of rotatable bonds is 5. The SMILES string of the molecule is CCNC(C)c1cnc(-c2ccc(N(C)C)cc2)s1. The number of hydrogen-bond acceptors (Lipinski definition) is 4. The molecular weight excluding hydrogens is 254 g/mol. The van der Waals surface area contributed by atoms with Crippen LogP contribution in [0.4, 0.5) is 5.69 Å². The molecule has 2 rings (SSSR count). The Bertz CT molecular complexity index is 516. The van der Waals surface area contributed by atoms with Crippen molar-refractivity contribution in [3.8, 4) is 10.6 Å². The van der Waals surface area contributed by atoms with Crippen molar-refractivity contribution in [2.75, 3.05) is 25.5 Å². The third-order valence-electron chi connectivity index (χ3n) is 3.09. The topological polar surface area (TPSA) is 28.2 Å². The lowest BCUT2D eigenvalue weighted by atomic mass is 10.2. The number of benzene rings is 1. The number of anilines is 1. The molecule has 0 aliphatic carbocycles. The Balaban J connectivity index is 2.18. The van der Waals surface area contributed by atoms with Crippen LogP contribution in [0.2, 0.25) is 0 Å². The van der Waals surface area contributed by atoms with E-state index in [1.54, 1.807) is 11.3 Å². The minimum absolute atomic E-state index is 0.372. The second kappa shape index (κ2) is 6.17. The van der Waals surface area contributed by atoms with Gasteiger partial charge in [0.15, 0.2) is 0 Å². The molecule has 0 aliphatic rings. The molecule has 1 aromatic heterocycles. The van der Waals surface area contributed by atoms with Gasteiger partial charge in [0.2, 0.25) is 0 Å². The summed E-state index contributed by atoms with van der Waals surface area (Å²) in [5.41, 5.74) is 2.40. The highest BCUT2D eigenvalue weighted by atomic mass is 32.1. The van der Waals surface area contributed by atoms with E-state index in [-0.39, 0.29) is 0 Å². The lowest BCUT2D eigenvalue weighted by Gasteiger charge is -2.12. The van der Waals surface area contributed by atoms with Crippen LogP contribution in [0.1, 0.15) is 24.8 Å². The van der Waals surface area contributed by atoms with E-state index < -0.39 is 0 Å². The highest BCUT2D eigenvalue weighted by molar-refractivity contribution is 7.15. The maximum atomic E-state index is 4.53. The molecule has 0 saturated heterocycles. The van der Waals surface area contributed by atoms with Crippen LogP contribution in [0.15, 0.2) is 30.5 Å². The van der Waals surface area contributed by atoms with E-state index in [0.29, 0.717) is 6.04 Å². The van der Waals surface area contributed by atoms with E-state index in [0.717, 1.165) is 11.6 Å². The number of nitrogens with zero attached hydrogens (tertiary/aromatic N) is 2. The molecule has 0 spiro atoms. The van der Waals surface area contributed by atoms with Crippen molar-refractivity contribution < 1.29 is 0 Å². The summed E-state index contributed by atoms with van der Waals surface area (Å²) in [4.78, 5) is 7.92. The zero-order valence-corrected chi connectivity index (χ0v) is 12.8. The molecule has 0 amide bonds. The maximum absolute atomic E-state index is 4.53. The van der Waals surface area contributed by atoms with Crippen molar-refractivity contribution in [1.82, 2.24) is 10.3 Å². The smallest absolute Gasteiger partial charge is 0.123 e. The van der Waals surface area contributed by atoms with E-state index in [1.807, 2.05) is 6.20 Å². The molecule has 0 saturated carbocycles. The highest BCUT2D eigenvalue weighted by Gasteiger charge is 2.10. The molecule has 0 aliphatic heterocycles. The molecule has 1 atom stereocenters. The normalized spacial score (nSPS) is 12.4. The van der Waals surface area contributed by atoms with Crippen LogP contribution < -0.4 is 10.2 Å². The van der Waals surface area contributed by atoms with Crippen LogP contribution in [0.3, 0.4) is 0 Å². The van der Waals surface area contributed by atoms with Crippen molar-refractivity contribution in [2.24, 2.45) is 0 Å². The van der Waals surface area contributed by atoms with E-state index in [4.69, 9.17) is 0 Å². The number of aromatic nitrogens is 1. The highest BCUT2D eigenvalue weighted by Crippen LogP contribution is 2.29. The molecule has 1 unspecified atom stereocenters. The Labute approximate surface area is 119 Å². The third kappa shape index (κ3) is 3.33. The average molecular weight is 275 g/mol. The quantitative estimate of drug-likeness (QED) is 0.904. The molecule has 102 valence electrons. The van der Waals surface area contributed by atoms with Crippen LogP contribution in [0.5, 0.6) is 0 Å². The van der Waals surface area contributed by atoms with Gasteiger partial charge in [-0.15, -0.1) is 11.3 Å². The Morgan fingerprint density at radius 1 is 1.26 bits per heavy atom. The first kappa shape index (κ1) is 14.0. The van der Waals surface area contributed by atoms with E-state index in [1.165, 1.54) is 16.1 Å². The number of hydrogen-bond donors (Lipinski definition) is 1. The van der Waals surface area contributed by atoms with Crippen molar-refractivity contribution >= 4 is 17.0 Å². The zero-order chi connectivity index (χ0) is 13.8. The summed E-state index contributed by atoms with van der Waals surface area (Å²) >= 11 is 1.76. The van der Waals surface area contributed by atoms with Crippen LogP contribution >= 0.6 is 11.3 Å². The minimum Gasteiger partial charge on any atom is -0.378 e. The molecule has 4 heteroatoms. The fraction of sp³-hybridized carbons (Fsp3) is 0.400. The van der Waals surface area contributed by atoms with Gasteiger partial charge in [-0.3, -0.25) is 0 Å². The van der Waals surface area contributed by atoms with Crippen LogP contribution in [0.25, 0.3) is 10.6 Å². The Kier molecular flexibility index (Phi) is 4.56. The molecule has 0 bridgehead atoms. The predicted octanol–water partition coefficient (Wildman–Crippen LogP) is 3.55. The third-order valence-corrected chi connectivity index (χ3v) is 4.32. The minimum atomic E-state index is 0.372.